The normalized spacial score (nSPS) is 19.4. The van der Waals surface area contributed by atoms with E-state index in [-0.39, 0.29) is 18.4 Å². The Morgan fingerprint density at radius 1 is 1.26 bits per heavy atom. The van der Waals surface area contributed by atoms with E-state index in [0.29, 0.717) is 13.0 Å². The Labute approximate surface area is 112 Å². The van der Waals surface area contributed by atoms with Crippen LogP contribution in [0.2, 0.25) is 0 Å². The molecule has 1 amide bonds. The van der Waals surface area contributed by atoms with E-state index in [1.807, 2.05) is 24.0 Å². The zero-order chi connectivity index (χ0) is 13.4. The molecule has 0 saturated carbocycles. The number of aliphatic hydroxyl groups is 1. The van der Waals surface area contributed by atoms with Gasteiger partial charge < -0.3 is 10.0 Å². The van der Waals surface area contributed by atoms with Gasteiger partial charge in [-0.15, -0.1) is 0 Å². The van der Waals surface area contributed by atoms with E-state index in [1.54, 1.807) is 0 Å². The van der Waals surface area contributed by atoms with Gasteiger partial charge in [-0.1, -0.05) is 36.4 Å². The first-order valence-electron chi connectivity index (χ1n) is 6.60. The lowest BCUT2D eigenvalue weighted by atomic mass is 10.0. The van der Waals surface area contributed by atoms with Gasteiger partial charge in [0.1, 0.15) is 0 Å². The average Bonchev–Trinajstić information content (AvgIpc) is 2.80. The highest BCUT2D eigenvalue weighted by atomic mass is 16.3. The van der Waals surface area contributed by atoms with E-state index >= 15 is 0 Å². The van der Waals surface area contributed by atoms with Crippen molar-refractivity contribution in [1.29, 1.82) is 0 Å². The van der Waals surface area contributed by atoms with Crippen molar-refractivity contribution in [2.24, 2.45) is 5.92 Å². The molecular formula is C16H17NO2. The van der Waals surface area contributed by atoms with Crippen molar-refractivity contribution in [1.82, 2.24) is 0 Å². The Balaban J connectivity index is 2.14. The maximum atomic E-state index is 12.2. The van der Waals surface area contributed by atoms with Crippen LogP contribution in [0, 0.1) is 12.8 Å². The highest BCUT2D eigenvalue weighted by molar-refractivity contribution is 6.06. The number of aryl methyl sites for hydroxylation is 1. The summed E-state index contributed by atoms with van der Waals surface area (Å²) < 4.78 is 0. The van der Waals surface area contributed by atoms with Gasteiger partial charge in [-0.25, -0.2) is 0 Å². The molecule has 2 aromatic carbocycles. The molecule has 0 spiro atoms. The van der Waals surface area contributed by atoms with Crippen LogP contribution in [0.25, 0.3) is 10.8 Å². The zero-order valence-electron chi connectivity index (χ0n) is 11.0. The minimum Gasteiger partial charge on any atom is -0.396 e. The Kier molecular flexibility index (Phi) is 2.99. The van der Waals surface area contributed by atoms with Gasteiger partial charge in [-0.3, -0.25) is 4.79 Å². The standard InChI is InChI=1S/C16H17NO2/c1-11-6-7-13-4-2-3-5-14(13)16(11)17-9-12(10-18)8-15(17)19/h2-7,12,18H,8-10H2,1H3. The second-order valence-corrected chi connectivity index (χ2v) is 5.21. The summed E-state index contributed by atoms with van der Waals surface area (Å²) in [6.45, 7) is 2.72. The molecule has 1 atom stereocenters. The number of aliphatic hydroxyl groups excluding tert-OH is 1. The molecule has 3 nitrogen and oxygen atoms in total. The summed E-state index contributed by atoms with van der Waals surface area (Å²) in [4.78, 5) is 14.0. The predicted molar refractivity (Wildman–Crippen MR) is 76.2 cm³/mol. The van der Waals surface area contributed by atoms with Crippen LogP contribution in [-0.4, -0.2) is 24.2 Å². The fourth-order valence-electron chi connectivity index (χ4n) is 2.84. The van der Waals surface area contributed by atoms with Crippen LogP contribution in [-0.2, 0) is 4.79 Å². The van der Waals surface area contributed by atoms with Gasteiger partial charge >= 0.3 is 0 Å². The van der Waals surface area contributed by atoms with Crippen LogP contribution < -0.4 is 4.90 Å². The highest BCUT2D eigenvalue weighted by Gasteiger charge is 2.31. The number of benzene rings is 2. The summed E-state index contributed by atoms with van der Waals surface area (Å²) in [6.07, 6.45) is 0.444. The number of anilines is 1. The Morgan fingerprint density at radius 2 is 2.05 bits per heavy atom. The molecule has 1 saturated heterocycles. The maximum absolute atomic E-state index is 12.2. The van der Waals surface area contributed by atoms with E-state index in [1.165, 1.54) is 0 Å². The summed E-state index contributed by atoms with van der Waals surface area (Å²) in [5, 5.41) is 11.5. The Hall–Kier alpha value is -1.87. The summed E-state index contributed by atoms with van der Waals surface area (Å²) >= 11 is 0. The first-order chi connectivity index (χ1) is 9.20. The Morgan fingerprint density at radius 3 is 2.79 bits per heavy atom. The van der Waals surface area contributed by atoms with Crippen molar-refractivity contribution >= 4 is 22.4 Å². The second-order valence-electron chi connectivity index (χ2n) is 5.21. The fraction of sp³-hybridized carbons (Fsp3) is 0.312. The molecular weight excluding hydrogens is 238 g/mol. The maximum Gasteiger partial charge on any atom is 0.227 e. The van der Waals surface area contributed by atoms with Crippen LogP contribution in [0.3, 0.4) is 0 Å². The van der Waals surface area contributed by atoms with Crippen LogP contribution in [0.1, 0.15) is 12.0 Å². The molecule has 3 heteroatoms. The van der Waals surface area contributed by atoms with Crippen molar-refractivity contribution < 1.29 is 9.90 Å². The lowest BCUT2D eigenvalue weighted by Crippen LogP contribution is -2.26. The summed E-state index contributed by atoms with van der Waals surface area (Å²) in [5.41, 5.74) is 2.10. The average molecular weight is 255 g/mol. The van der Waals surface area contributed by atoms with Gasteiger partial charge in [-0.05, 0) is 17.9 Å². The molecule has 1 fully saturated rings. The Bertz CT molecular complexity index is 636. The molecule has 1 aliphatic heterocycles. The number of fused-ring (bicyclic) bond motifs is 1. The second kappa shape index (κ2) is 4.67. The third kappa shape index (κ3) is 2.00. The van der Waals surface area contributed by atoms with Crippen LogP contribution in [0.4, 0.5) is 5.69 Å². The van der Waals surface area contributed by atoms with E-state index in [0.717, 1.165) is 22.0 Å². The molecule has 0 bridgehead atoms. The molecule has 0 radical (unpaired) electrons. The fourth-order valence-corrected chi connectivity index (χ4v) is 2.84. The molecule has 1 aliphatic rings. The van der Waals surface area contributed by atoms with E-state index in [4.69, 9.17) is 0 Å². The quantitative estimate of drug-likeness (QED) is 0.895. The summed E-state index contributed by atoms with van der Waals surface area (Å²) in [7, 11) is 0. The van der Waals surface area contributed by atoms with Crippen LogP contribution in [0.5, 0.6) is 0 Å². The first-order valence-corrected chi connectivity index (χ1v) is 6.60. The smallest absolute Gasteiger partial charge is 0.227 e. The number of hydrogen-bond donors (Lipinski definition) is 1. The monoisotopic (exact) mass is 255 g/mol. The van der Waals surface area contributed by atoms with E-state index in [2.05, 4.69) is 24.3 Å². The van der Waals surface area contributed by atoms with Gasteiger partial charge in [0.25, 0.3) is 0 Å². The third-order valence-corrected chi connectivity index (χ3v) is 3.84. The molecule has 0 aliphatic carbocycles. The van der Waals surface area contributed by atoms with Gasteiger partial charge in [-0.2, -0.15) is 0 Å². The number of hydrogen-bond acceptors (Lipinski definition) is 2. The van der Waals surface area contributed by atoms with Crippen molar-refractivity contribution in [3.63, 3.8) is 0 Å². The molecule has 1 heterocycles. The number of carbonyl (C=O) groups is 1. The SMILES string of the molecule is Cc1ccc2ccccc2c1N1CC(CO)CC1=O. The zero-order valence-corrected chi connectivity index (χ0v) is 11.0. The predicted octanol–water partition coefficient (Wildman–Crippen LogP) is 2.49. The molecule has 2 aromatic rings. The van der Waals surface area contributed by atoms with Crippen molar-refractivity contribution in [2.45, 2.75) is 13.3 Å². The largest absolute Gasteiger partial charge is 0.396 e. The van der Waals surface area contributed by atoms with Crippen molar-refractivity contribution in [3.8, 4) is 0 Å². The molecule has 3 rings (SSSR count). The molecule has 98 valence electrons. The van der Waals surface area contributed by atoms with Crippen LogP contribution in [0.15, 0.2) is 36.4 Å². The van der Waals surface area contributed by atoms with Crippen LogP contribution >= 0.6 is 0 Å². The topological polar surface area (TPSA) is 40.5 Å². The number of nitrogens with zero attached hydrogens (tertiary/aromatic N) is 1. The molecule has 19 heavy (non-hydrogen) atoms. The van der Waals surface area contributed by atoms with E-state index < -0.39 is 0 Å². The van der Waals surface area contributed by atoms with Gasteiger partial charge in [0, 0.05) is 30.9 Å². The molecule has 1 N–H and O–H groups in total. The van der Waals surface area contributed by atoms with Gasteiger partial charge in [0.2, 0.25) is 5.91 Å². The number of carbonyl (C=O) groups excluding carboxylic acids is 1. The third-order valence-electron chi connectivity index (χ3n) is 3.84. The summed E-state index contributed by atoms with van der Waals surface area (Å²) in [6, 6.07) is 12.2. The van der Waals surface area contributed by atoms with E-state index in [9.17, 15) is 9.90 Å². The number of rotatable bonds is 2. The van der Waals surface area contributed by atoms with Gasteiger partial charge in [0.05, 0.1) is 5.69 Å². The highest BCUT2D eigenvalue weighted by Crippen LogP contribution is 2.34. The number of amides is 1. The molecule has 0 aromatic heterocycles. The minimum atomic E-state index is 0.0610. The first kappa shape index (κ1) is 12.2. The summed E-state index contributed by atoms with van der Waals surface area (Å²) in [5.74, 6) is 0.171. The van der Waals surface area contributed by atoms with Crippen molar-refractivity contribution in [2.75, 3.05) is 18.1 Å². The van der Waals surface area contributed by atoms with Gasteiger partial charge in [0.15, 0.2) is 0 Å². The minimum absolute atomic E-state index is 0.0610. The lowest BCUT2D eigenvalue weighted by Gasteiger charge is -2.21. The van der Waals surface area contributed by atoms with Crippen molar-refractivity contribution in [3.05, 3.63) is 42.0 Å². The molecule has 1 unspecified atom stereocenters. The lowest BCUT2D eigenvalue weighted by molar-refractivity contribution is -0.117.